The lowest BCUT2D eigenvalue weighted by Gasteiger charge is -2.41. The van der Waals surface area contributed by atoms with Gasteiger partial charge in [-0.2, -0.15) is 8.42 Å². The SMILES string of the molecule is CC/C=C\C/C=C\C/C=C\C/C=C\C/C=C\C/C=C\CCCCCCCOCC(COC1OC(CO)C(O)C(OS(=O)(=O)O)C1O)OC(=O)CCCCCCC/C=C\CCCC. The van der Waals surface area contributed by atoms with E-state index in [-0.39, 0.29) is 19.6 Å². The van der Waals surface area contributed by atoms with Gasteiger partial charge in [-0.15, -0.1) is 0 Å². The van der Waals surface area contributed by atoms with Crippen molar-refractivity contribution < 1.29 is 56.2 Å². The van der Waals surface area contributed by atoms with E-state index in [2.05, 4.69) is 103 Å². The molecule has 0 saturated carbocycles. The van der Waals surface area contributed by atoms with Crippen LogP contribution in [0.5, 0.6) is 0 Å². The Bertz CT molecular complexity index is 1400. The number of allylic oxidation sites excluding steroid dienone is 14. The van der Waals surface area contributed by atoms with E-state index in [9.17, 15) is 28.5 Å². The van der Waals surface area contributed by atoms with Crippen molar-refractivity contribution in [3.63, 3.8) is 0 Å². The maximum atomic E-state index is 12.8. The third-order valence-corrected chi connectivity index (χ3v) is 10.5. The summed E-state index contributed by atoms with van der Waals surface area (Å²) in [5, 5.41) is 30.6. The first-order chi connectivity index (χ1) is 30.1. The van der Waals surface area contributed by atoms with E-state index in [1.807, 2.05) is 0 Å². The minimum Gasteiger partial charge on any atom is -0.457 e. The number of esters is 1. The largest absolute Gasteiger partial charge is 0.457 e. The third-order valence-electron chi connectivity index (χ3n) is 10.0. The normalized spacial score (nSPS) is 20.8. The van der Waals surface area contributed by atoms with Crippen LogP contribution < -0.4 is 0 Å². The number of carbonyl (C=O) groups is 1. The van der Waals surface area contributed by atoms with Gasteiger partial charge in [-0.1, -0.05) is 150 Å². The van der Waals surface area contributed by atoms with Gasteiger partial charge in [0.15, 0.2) is 6.29 Å². The molecule has 1 heterocycles. The molecular formula is C49H82O12S. The summed E-state index contributed by atoms with van der Waals surface area (Å²) in [4.78, 5) is 12.8. The van der Waals surface area contributed by atoms with Gasteiger partial charge in [-0.05, 0) is 83.5 Å². The minimum atomic E-state index is -5.07. The van der Waals surface area contributed by atoms with Crippen LogP contribution in [0.1, 0.15) is 155 Å². The van der Waals surface area contributed by atoms with E-state index in [4.69, 9.17) is 23.5 Å². The number of aliphatic hydroxyl groups excluding tert-OH is 3. The van der Waals surface area contributed by atoms with Crippen LogP contribution in [0.2, 0.25) is 0 Å². The van der Waals surface area contributed by atoms with E-state index in [0.717, 1.165) is 116 Å². The second-order valence-corrected chi connectivity index (χ2v) is 16.7. The van der Waals surface area contributed by atoms with E-state index in [1.54, 1.807) is 0 Å². The highest BCUT2D eigenvalue weighted by Crippen LogP contribution is 2.26. The first-order valence-corrected chi connectivity index (χ1v) is 24.7. The summed E-state index contributed by atoms with van der Waals surface area (Å²) in [6.07, 6.45) is 43.4. The molecule has 0 spiro atoms. The third kappa shape index (κ3) is 32.9. The topological polar surface area (TPSA) is 178 Å². The summed E-state index contributed by atoms with van der Waals surface area (Å²) in [7, 11) is -5.07. The molecule has 62 heavy (non-hydrogen) atoms. The van der Waals surface area contributed by atoms with Crippen molar-refractivity contribution >= 4 is 16.4 Å². The predicted octanol–water partition coefficient (Wildman–Crippen LogP) is 10.1. The van der Waals surface area contributed by atoms with Crippen molar-refractivity contribution in [2.24, 2.45) is 0 Å². The van der Waals surface area contributed by atoms with Crippen molar-refractivity contribution in [2.75, 3.05) is 26.4 Å². The van der Waals surface area contributed by atoms with Crippen LogP contribution in [-0.2, 0) is 38.3 Å². The molecule has 1 saturated heterocycles. The number of rotatable bonds is 39. The van der Waals surface area contributed by atoms with Gasteiger partial charge in [0, 0.05) is 13.0 Å². The zero-order valence-corrected chi connectivity index (χ0v) is 38.7. The molecule has 6 unspecified atom stereocenters. The van der Waals surface area contributed by atoms with Crippen molar-refractivity contribution in [3.05, 3.63) is 85.1 Å². The molecule has 0 aliphatic carbocycles. The van der Waals surface area contributed by atoms with Crippen molar-refractivity contribution in [1.82, 2.24) is 0 Å². The zero-order chi connectivity index (χ0) is 45.4. The van der Waals surface area contributed by atoms with E-state index >= 15 is 0 Å². The smallest absolute Gasteiger partial charge is 0.397 e. The van der Waals surface area contributed by atoms with Gasteiger partial charge in [0.25, 0.3) is 0 Å². The summed E-state index contributed by atoms with van der Waals surface area (Å²) < 4.78 is 59.0. The lowest BCUT2D eigenvalue weighted by molar-refractivity contribution is -0.301. The van der Waals surface area contributed by atoms with Crippen LogP contribution in [0.15, 0.2) is 85.1 Å². The van der Waals surface area contributed by atoms with Gasteiger partial charge in [-0.3, -0.25) is 9.35 Å². The number of hydrogen-bond donors (Lipinski definition) is 4. The Labute approximate surface area is 374 Å². The molecule has 12 nitrogen and oxygen atoms in total. The summed E-state index contributed by atoms with van der Waals surface area (Å²) in [6.45, 7) is 3.75. The molecule has 0 aromatic carbocycles. The van der Waals surface area contributed by atoms with Gasteiger partial charge in [0.1, 0.15) is 30.5 Å². The van der Waals surface area contributed by atoms with Crippen LogP contribution in [0.3, 0.4) is 0 Å². The van der Waals surface area contributed by atoms with E-state index in [1.165, 1.54) is 12.8 Å². The maximum absolute atomic E-state index is 12.8. The molecule has 0 bridgehead atoms. The fourth-order valence-corrected chi connectivity index (χ4v) is 6.99. The molecule has 356 valence electrons. The molecule has 0 aromatic rings. The molecular weight excluding hydrogens is 813 g/mol. The monoisotopic (exact) mass is 895 g/mol. The molecule has 1 aliphatic rings. The fourth-order valence-electron chi connectivity index (χ4n) is 6.48. The maximum Gasteiger partial charge on any atom is 0.397 e. The molecule has 1 rings (SSSR count). The standard InChI is InChI=1S/C49H82O12S/c1-3-5-7-9-11-13-15-16-17-18-19-20-21-22-23-24-25-26-27-29-31-33-35-37-39-57-41-43(59-45(51)38-36-34-32-30-28-14-12-10-8-6-4-2)42-58-49-47(53)48(61-62(54,55)56)46(52)44(40-50)60-49/h5,7,10-13,16-17,19-20,22-23,25-26,43-44,46-50,52-53H,3-4,6,8-9,14-15,18,21,24,27-42H2,1-2H3,(H,54,55,56)/b7-5-,12-10-,13-11-,17-16-,20-19-,23-22-,26-25-. The average molecular weight is 895 g/mol. The molecule has 0 amide bonds. The van der Waals surface area contributed by atoms with Gasteiger partial charge < -0.3 is 34.3 Å². The number of unbranched alkanes of at least 4 members (excludes halogenated alkanes) is 12. The fraction of sp³-hybridized carbons (Fsp3) is 0.694. The quantitative estimate of drug-likeness (QED) is 0.0199. The van der Waals surface area contributed by atoms with Crippen LogP contribution in [-0.4, -0.2) is 97.5 Å². The van der Waals surface area contributed by atoms with E-state index in [0.29, 0.717) is 13.0 Å². The average Bonchev–Trinajstić information content (AvgIpc) is 3.24. The second-order valence-electron chi connectivity index (χ2n) is 15.6. The van der Waals surface area contributed by atoms with E-state index < -0.39 is 59.8 Å². The van der Waals surface area contributed by atoms with Crippen LogP contribution in [0.4, 0.5) is 0 Å². The van der Waals surface area contributed by atoms with Crippen LogP contribution in [0.25, 0.3) is 0 Å². The summed E-state index contributed by atoms with van der Waals surface area (Å²) in [5.74, 6) is -0.422. The van der Waals surface area contributed by atoms with Crippen LogP contribution >= 0.6 is 0 Å². The highest BCUT2D eigenvalue weighted by atomic mass is 32.3. The number of carbonyl (C=O) groups excluding carboxylic acids is 1. The lowest BCUT2D eigenvalue weighted by Crippen LogP contribution is -2.60. The minimum absolute atomic E-state index is 0.0139. The Balaban J connectivity index is 2.39. The molecule has 4 N–H and O–H groups in total. The second kappa shape index (κ2) is 39.8. The van der Waals surface area contributed by atoms with Crippen LogP contribution in [0, 0.1) is 0 Å². The van der Waals surface area contributed by atoms with Crippen molar-refractivity contribution in [2.45, 2.75) is 192 Å². The predicted molar refractivity (Wildman–Crippen MR) is 248 cm³/mol. The molecule has 13 heteroatoms. The molecule has 1 fully saturated rings. The summed E-state index contributed by atoms with van der Waals surface area (Å²) >= 11 is 0. The van der Waals surface area contributed by atoms with Gasteiger partial charge in [0.05, 0.1) is 19.8 Å². The number of ether oxygens (including phenoxy) is 4. The molecule has 1 aliphatic heterocycles. The summed E-state index contributed by atoms with van der Waals surface area (Å²) in [6, 6.07) is 0. The van der Waals surface area contributed by atoms with Crippen molar-refractivity contribution in [3.8, 4) is 0 Å². The Morgan fingerprint density at radius 2 is 1.11 bits per heavy atom. The Morgan fingerprint density at radius 1 is 0.629 bits per heavy atom. The molecule has 0 radical (unpaired) electrons. The molecule has 0 aromatic heterocycles. The first kappa shape index (κ1) is 57.3. The van der Waals surface area contributed by atoms with Crippen molar-refractivity contribution in [1.29, 1.82) is 0 Å². The highest BCUT2D eigenvalue weighted by Gasteiger charge is 2.48. The number of hydrogen-bond acceptors (Lipinski definition) is 11. The zero-order valence-electron chi connectivity index (χ0n) is 37.9. The number of aliphatic hydroxyl groups is 3. The Hall–Kier alpha value is -2.72. The van der Waals surface area contributed by atoms with Gasteiger partial charge >= 0.3 is 16.4 Å². The lowest BCUT2D eigenvalue weighted by atomic mass is 9.99. The molecule has 6 atom stereocenters. The van der Waals surface area contributed by atoms with Gasteiger partial charge in [-0.25, -0.2) is 4.18 Å². The van der Waals surface area contributed by atoms with Gasteiger partial charge in [0.2, 0.25) is 0 Å². The first-order valence-electron chi connectivity index (χ1n) is 23.3. The Kier molecular flexibility index (Phi) is 36.8. The Morgan fingerprint density at radius 3 is 1.65 bits per heavy atom. The highest BCUT2D eigenvalue weighted by molar-refractivity contribution is 7.80. The summed E-state index contributed by atoms with van der Waals surface area (Å²) in [5.41, 5.74) is 0.